The summed E-state index contributed by atoms with van der Waals surface area (Å²) >= 11 is 10.2. The molecule has 0 amide bonds. The molecule has 5 aliphatic rings. The van der Waals surface area contributed by atoms with Crippen LogP contribution in [0.4, 0.5) is 0 Å². The van der Waals surface area contributed by atoms with Crippen molar-refractivity contribution in [3.8, 4) is 0 Å². The maximum absolute atomic E-state index is 10.9. The number of nitrogens with zero attached hydrogens (tertiary/aromatic N) is 3. The third kappa shape index (κ3) is 7.43. The topological polar surface area (TPSA) is 243 Å². The van der Waals surface area contributed by atoms with Gasteiger partial charge >= 0.3 is 13.4 Å². The highest BCUT2D eigenvalue weighted by molar-refractivity contribution is 8.07. The summed E-state index contributed by atoms with van der Waals surface area (Å²) in [6.45, 7) is -7.22. The van der Waals surface area contributed by atoms with Crippen molar-refractivity contribution in [2.75, 3.05) is 33.7 Å². The minimum absolute atomic E-state index is 0.124. The van der Waals surface area contributed by atoms with Gasteiger partial charge in [-0.1, -0.05) is 0 Å². The molecule has 0 saturated carbocycles. The van der Waals surface area contributed by atoms with E-state index in [4.69, 9.17) is 62.6 Å². The van der Waals surface area contributed by atoms with Crippen LogP contribution in [0.1, 0.15) is 12.8 Å². The molecule has 5 rings (SSSR count). The van der Waals surface area contributed by atoms with Crippen LogP contribution in [-0.2, 0) is 51.2 Å². The molecule has 0 bridgehead atoms. The Kier molecular flexibility index (Phi) is 10.1. The molecule has 2 saturated heterocycles. The molecule has 10 atom stereocenters. The quantitative estimate of drug-likeness (QED) is 0.0992. The zero-order valence-corrected chi connectivity index (χ0v) is 25.9. The first-order chi connectivity index (χ1) is 19.9. The van der Waals surface area contributed by atoms with Gasteiger partial charge in [-0.2, -0.15) is 0 Å². The van der Waals surface area contributed by atoms with Crippen LogP contribution in [0.15, 0.2) is 28.8 Å². The molecule has 18 nitrogen and oxygen atoms in total. The lowest BCUT2D eigenvalue weighted by Crippen LogP contribution is -2.56. The van der Waals surface area contributed by atoms with Gasteiger partial charge in [-0.15, -0.1) is 0 Å². The Labute approximate surface area is 252 Å². The summed E-state index contributed by atoms with van der Waals surface area (Å²) in [5, 5.41) is 30.1. The van der Waals surface area contributed by atoms with Gasteiger partial charge in [0.15, 0.2) is 6.35 Å². The molecule has 42 heavy (non-hydrogen) atoms. The highest BCUT2D eigenvalue weighted by Crippen LogP contribution is 2.50. The summed E-state index contributed by atoms with van der Waals surface area (Å²) in [4.78, 5) is 28.5. The van der Waals surface area contributed by atoms with Crippen molar-refractivity contribution in [1.29, 1.82) is 0 Å². The average Bonchev–Trinajstić information content (AvgIpc) is 3.63. The Bertz CT molecular complexity index is 1200. The van der Waals surface area contributed by atoms with Crippen LogP contribution < -0.4 is 27.4 Å². The molecule has 238 valence electrons. The summed E-state index contributed by atoms with van der Waals surface area (Å²) in [6, 6.07) is 0. The molecule has 4 unspecified atom stereocenters. The van der Waals surface area contributed by atoms with E-state index in [1.54, 1.807) is 12.3 Å². The molecular weight excluding hydrogens is 638 g/mol. The number of aliphatic hydroxyl groups excluding tert-OH is 2. The van der Waals surface area contributed by atoms with E-state index in [1.807, 2.05) is 4.90 Å². The number of amidine groups is 1. The van der Waals surface area contributed by atoms with Gasteiger partial charge in [0.25, 0.3) is 0 Å². The third-order valence-corrected chi connectivity index (χ3v) is 10.4. The Hall–Kier alpha value is -1.03. The van der Waals surface area contributed by atoms with E-state index in [1.165, 1.54) is 12.0 Å². The second kappa shape index (κ2) is 13.1. The molecule has 11 N–H and O–H groups in total. The maximum atomic E-state index is 10.9. The summed E-state index contributed by atoms with van der Waals surface area (Å²) in [7, 11) is 1.22. The standard InChI is InChI=1S/C20H36N8O10P2S2/c1-33-39(31,41)34-7-13-11(5-16(37-13)27-3-2-14(21)26-20(27)30)38-40(32,42)35-6-12-10(29)4-15(36-12)28-9-25-17-18(22)23-8-24-19(17)28/h2-3,10-16,20,24-26,29-30H,4-9,21H2,1H3,(H2,22,23)(H,31,41)(H,32,42)/t10-,11-,12-,13-,14?,15-,16-,20?,39?,40?/m1/s1. The lowest BCUT2D eigenvalue weighted by Gasteiger charge is -2.36. The predicted molar refractivity (Wildman–Crippen MR) is 154 cm³/mol. The van der Waals surface area contributed by atoms with Gasteiger partial charge in [-0.25, -0.2) is 4.99 Å². The van der Waals surface area contributed by atoms with Crippen LogP contribution in [-0.4, -0.2) is 119 Å². The SMILES string of the molecule is COP(O)(=S)OC[C@H]1O[C@@H](N2C=CC(N)NC2O)C[C@H]1OP(O)(=S)OC[C@H]1O[C@@H](N2CNC3=C2NCN=C3N)C[C@H]1O. The lowest BCUT2D eigenvalue weighted by atomic mass is 10.2. The van der Waals surface area contributed by atoms with Gasteiger partial charge in [-0.3, -0.25) is 5.32 Å². The third-order valence-electron chi connectivity index (χ3n) is 7.16. The van der Waals surface area contributed by atoms with E-state index < -0.39 is 62.8 Å². The molecule has 5 heterocycles. The zero-order chi connectivity index (χ0) is 30.2. The van der Waals surface area contributed by atoms with Crippen molar-refractivity contribution in [3.63, 3.8) is 0 Å². The van der Waals surface area contributed by atoms with Crippen molar-refractivity contribution in [3.05, 3.63) is 23.8 Å². The fraction of sp³-hybridized carbons (Fsp3) is 0.750. The number of aliphatic imine (C=N–C) groups is 1. The maximum Gasteiger partial charge on any atom is 0.324 e. The molecule has 0 aliphatic carbocycles. The van der Waals surface area contributed by atoms with Gasteiger partial charge in [0.2, 0.25) is 0 Å². The van der Waals surface area contributed by atoms with E-state index in [-0.39, 0.29) is 26.1 Å². The largest absolute Gasteiger partial charge is 0.390 e. The van der Waals surface area contributed by atoms with Gasteiger partial charge in [0.1, 0.15) is 48.7 Å². The number of hydrogen-bond donors (Lipinski definition) is 9. The molecule has 0 spiro atoms. The minimum atomic E-state index is -3.92. The van der Waals surface area contributed by atoms with E-state index in [0.717, 1.165) is 5.82 Å². The highest BCUT2D eigenvalue weighted by atomic mass is 32.5. The first-order valence-electron chi connectivity index (χ1n) is 13.0. The van der Waals surface area contributed by atoms with Crippen molar-refractivity contribution < 1.29 is 47.6 Å². The van der Waals surface area contributed by atoms with Crippen LogP contribution >= 0.6 is 13.4 Å². The first kappa shape index (κ1) is 32.4. The molecule has 0 radical (unpaired) electrons. The monoisotopic (exact) mass is 674 g/mol. The summed E-state index contributed by atoms with van der Waals surface area (Å²) in [6.07, 6.45) is -2.84. The molecule has 0 aromatic heterocycles. The van der Waals surface area contributed by atoms with Gasteiger partial charge < -0.3 is 79.5 Å². The fourth-order valence-corrected chi connectivity index (χ4v) is 7.13. The highest BCUT2D eigenvalue weighted by Gasteiger charge is 2.45. The number of rotatable bonds is 11. The number of nitrogens with two attached hydrogens (primary N) is 2. The number of hydrogen-bond acceptors (Lipinski definition) is 18. The summed E-state index contributed by atoms with van der Waals surface area (Å²) in [5.41, 5.74) is 12.4. The molecule has 0 aromatic rings. The van der Waals surface area contributed by atoms with Crippen LogP contribution in [0.3, 0.4) is 0 Å². The normalized spacial score (nSPS) is 37.6. The van der Waals surface area contributed by atoms with Crippen molar-refractivity contribution in [2.24, 2.45) is 16.5 Å². The zero-order valence-electron chi connectivity index (χ0n) is 22.5. The Balaban J connectivity index is 1.19. The van der Waals surface area contributed by atoms with Crippen molar-refractivity contribution in [1.82, 2.24) is 25.8 Å². The van der Waals surface area contributed by atoms with Crippen molar-refractivity contribution >= 4 is 42.9 Å². The molecule has 0 aromatic carbocycles. The molecule has 2 fully saturated rings. The van der Waals surface area contributed by atoms with Gasteiger partial charge in [0, 0.05) is 26.2 Å². The Morgan fingerprint density at radius 1 is 1.10 bits per heavy atom. The predicted octanol–water partition coefficient (Wildman–Crippen LogP) is -2.99. The molecule has 5 aliphatic heterocycles. The Morgan fingerprint density at radius 3 is 2.55 bits per heavy atom. The number of ether oxygens (including phenoxy) is 2. The Morgan fingerprint density at radius 2 is 1.81 bits per heavy atom. The second-order valence-corrected chi connectivity index (χ2v) is 15.6. The minimum Gasteiger partial charge on any atom is -0.390 e. The van der Waals surface area contributed by atoms with E-state index in [0.29, 0.717) is 24.9 Å². The van der Waals surface area contributed by atoms with Crippen LogP contribution in [0.25, 0.3) is 0 Å². The van der Waals surface area contributed by atoms with E-state index in [9.17, 15) is 20.0 Å². The molecular formula is C20H36N8O10P2S2. The van der Waals surface area contributed by atoms with Crippen molar-refractivity contribution in [2.45, 2.75) is 62.2 Å². The van der Waals surface area contributed by atoms with Crippen LogP contribution in [0, 0.1) is 0 Å². The lowest BCUT2D eigenvalue weighted by molar-refractivity contribution is -0.125. The van der Waals surface area contributed by atoms with Crippen LogP contribution in [0.5, 0.6) is 0 Å². The number of aliphatic hydroxyl groups is 2. The van der Waals surface area contributed by atoms with E-state index in [2.05, 4.69) is 20.9 Å². The average molecular weight is 675 g/mol. The van der Waals surface area contributed by atoms with E-state index >= 15 is 0 Å². The summed E-state index contributed by atoms with van der Waals surface area (Å²) in [5.74, 6) is 1.12. The smallest absolute Gasteiger partial charge is 0.324 e. The van der Waals surface area contributed by atoms with Gasteiger partial charge in [0.05, 0.1) is 38.3 Å². The van der Waals surface area contributed by atoms with Crippen LogP contribution in [0.2, 0.25) is 0 Å². The molecule has 22 heteroatoms. The van der Waals surface area contributed by atoms with Gasteiger partial charge in [-0.05, 0) is 29.7 Å². The fourth-order valence-electron chi connectivity index (χ4n) is 5.03. The first-order valence-corrected chi connectivity index (χ1v) is 18.2. The second-order valence-electron chi connectivity index (χ2n) is 9.91. The summed E-state index contributed by atoms with van der Waals surface area (Å²) < 4.78 is 33.6. The number of nitrogens with one attached hydrogen (secondary N) is 3.